The van der Waals surface area contributed by atoms with E-state index in [1.165, 1.54) is 7.11 Å². The van der Waals surface area contributed by atoms with Gasteiger partial charge in [-0.05, 0) is 25.1 Å². The Morgan fingerprint density at radius 2 is 2.08 bits per heavy atom. The summed E-state index contributed by atoms with van der Waals surface area (Å²) in [7, 11) is 1.51. The second kappa shape index (κ2) is 5.83. The number of hydrogen-bond acceptors (Lipinski definition) is 7. The minimum Gasteiger partial charge on any atom is -0.496 e. The molecule has 1 aromatic carbocycles. The van der Waals surface area contributed by atoms with E-state index in [1.807, 2.05) is 19.1 Å². The van der Waals surface area contributed by atoms with Crippen molar-refractivity contribution >= 4 is 38.8 Å². The highest BCUT2D eigenvalue weighted by Crippen LogP contribution is 2.37. The largest absolute Gasteiger partial charge is 0.496 e. The number of nitrogens with zero attached hydrogens (tertiary/aromatic N) is 2. The molecule has 24 heavy (non-hydrogen) atoms. The average Bonchev–Trinajstić information content (AvgIpc) is 2.89. The number of benzene rings is 1. The smallest absolute Gasteiger partial charge is 0.208 e. The van der Waals surface area contributed by atoms with Crippen molar-refractivity contribution in [3.8, 4) is 11.8 Å². The van der Waals surface area contributed by atoms with Crippen LogP contribution in [-0.2, 0) is 0 Å². The molecule has 2 aromatic heterocycles. The maximum Gasteiger partial charge on any atom is 0.208 e. The van der Waals surface area contributed by atoms with Crippen molar-refractivity contribution in [2.75, 3.05) is 18.6 Å². The van der Waals surface area contributed by atoms with Gasteiger partial charge in [-0.1, -0.05) is 11.6 Å². The standard InChI is InChI=1S/C17H14N4O2S/c1-8-3-4-12(23-2)10(5-8)14(22)15-13(19)11-6-9(7-18)16(20)21-17(11)24-15/h3-6H,19H2,1-2H3,(H2,20,21). The summed E-state index contributed by atoms with van der Waals surface area (Å²) in [6.45, 7) is 1.89. The summed E-state index contributed by atoms with van der Waals surface area (Å²) < 4.78 is 5.28. The van der Waals surface area contributed by atoms with E-state index in [2.05, 4.69) is 4.98 Å². The summed E-state index contributed by atoms with van der Waals surface area (Å²) in [5, 5.41) is 9.63. The number of nitrogen functional groups attached to an aromatic ring is 2. The Labute approximate surface area is 142 Å². The lowest BCUT2D eigenvalue weighted by Gasteiger charge is -2.08. The first-order valence-corrected chi connectivity index (χ1v) is 7.85. The molecule has 3 rings (SSSR count). The number of ketones is 1. The van der Waals surface area contributed by atoms with E-state index >= 15 is 0 Å². The number of thiophene rings is 1. The van der Waals surface area contributed by atoms with Gasteiger partial charge in [-0.2, -0.15) is 5.26 Å². The lowest BCUT2D eigenvalue weighted by atomic mass is 10.0. The van der Waals surface area contributed by atoms with E-state index < -0.39 is 0 Å². The molecule has 0 radical (unpaired) electrons. The molecule has 0 aliphatic carbocycles. The van der Waals surface area contributed by atoms with Crippen LogP contribution in [0.4, 0.5) is 11.5 Å². The maximum atomic E-state index is 12.9. The molecule has 0 atom stereocenters. The number of fused-ring (bicyclic) bond motifs is 1. The number of rotatable bonds is 3. The zero-order chi connectivity index (χ0) is 17.4. The lowest BCUT2D eigenvalue weighted by Crippen LogP contribution is -2.05. The Bertz CT molecular complexity index is 1020. The number of nitrogens with two attached hydrogens (primary N) is 2. The second-order valence-corrected chi connectivity index (χ2v) is 6.26. The molecule has 2 heterocycles. The third-order valence-corrected chi connectivity index (χ3v) is 4.79. The molecule has 0 aliphatic rings. The molecule has 0 saturated carbocycles. The molecule has 120 valence electrons. The fourth-order valence-corrected chi connectivity index (χ4v) is 3.47. The molecule has 3 aromatic rings. The Morgan fingerprint density at radius 1 is 1.33 bits per heavy atom. The Morgan fingerprint density at radius 3 is 2.75 bits per heavy atom. The Balaban J connectivity index is 2.20. The van der Waals surface area contributed by atoms with Gasteiger partial charge in [0, 0.05) is 5.39 Å². The molecule has 0 bridgehead atoms. The van der Waals surface area contributed by atoms with Crippen molar-refractivity contribution < 1.29 is 9.53 Å². The van der Waals surface area contributed by atoms with Crippen molar-refractivity contribution in [2.24, 2.45) is 0 Å². The van der Waals surface area contributed by atoms with E-state index in [0.29, 0.717) is 32.1 Å². The van der Waals surface area contributed by atoms with Crippen LogP contribution >= 0.6 is 11.3 Å². The number of carbonyl (C=O) groups is 1. The van der Waals surface area contributed by atoms with Gasteiger partial charge in [-0.25, -0.2) is 4.98 Å². The predicted octanol–water partition coefficient (Wildman–Crippen LogP) is 2.88. The number of hydrogen-bond donors (Lipinski definition) is 2. The number of pyridine rings is 1. The van der Waals surface area contributed by atoms with Crippen LogP contribution in [0, 0.1) is 18.3 Å². The van der Waals surface area contributed by atoms with Crippen LogP contribution in [0.15, 0.2) is 24.3 Å². The molecule has 0 fully saturated rings. The van der Waals surface area contributed by atoms with E-state index in [4.69, 9.17) is 21.5 Å². The summed E-state index contributed by atoms with van der Waals surface area (Å²) in [5.74, 6) is 0.360. The van der Waals surface area contributed by atoms with Gasteiger partial charge in [0.15, 0.2) is 0 Å². The zero-order valence-electron chi connectivity index (χ0n) is 13.1. The monoisotopic (exact) mass is 338 g/mol. The summed E-state index contributed by atoms with van der Waals surface area (Å²) in [6.07, 6.45) is 0. The fourth-order valence-electron chi connectivity index (χ4n) is 2.43. The normalized spacial score (nSPS) is 10.5. The van der Waals surface area contributed by atoms with Crippen LogP contribution in [0.3, 0.4) is 0 Å². The van der Waals surface area contributed by atoms with Crippen molar-refractivity contribution in [1.29, 1.82) is 5.26 Å². The first-order valence-electron chi connectivity index (χ1n) is 7.04. The van der Waals surface area contributed by atoms with Crippen LogP contribution in [0.2, 0.25) is 0 Å². The molecular formula is C17H14N4O2S. The van der Waals surface area contributed by atoms with Crippen LogP contribution < -0.4 is 16.2 Å². The Kier molecular flexibility index (Phi) is 3.83. The molecule has 0 spiro atoms. The zero-order valence-corrected chi connectivity index (χ0v) is 13.9. The third kappa shape index (κ3) is 2.43. The van der Waals surface area contributed by atoms with Gasteiger partial charge in [0.2, 0.25) is 5.78 Å². The highest BCUT2D eigenvalue weighted by Gasteiger charge is 2.22. The number of anilines is 2. The van der Waals surface area contributed by atoms with E-state index in [1.54, 1.807) is 18.2 Å². The number of aromatic nitrogens is 1. The van der Waals surface area contributed by atoms with Crippen LogP contribution in [0.5, 0.6) is 5.75 Å². The van der Waals surface area contributed by atoms with E-state index in [-0.39, 0.29) is 17.2 Å². The first-order chi connectivity index (χ1) is 11.5. The highest BCUT2D eigenvalue weighted by atomic mass is 32.1. The van der Waals surface area contributed by atoms with Gasteiger partial charge in [-0.3, -0.25) is 4.79 Å². The van der Waals surface area contributed by atoms with Gasteiger partial charge in [0.05, 0.1) is 23.9 Å². The molecule has 7 heteroatoms. The second-order valence-electron chi connectivity index (χ2n) is 5.26. The van der Waals surface area contributed by atoms with Crippen molar-refractivity contribution in [1.82, 2.24) is 4.98 Å². The number of nitriles is 1. The van der Waals surface area contributed by atoms with Crippen LogP contribution in [0.1, 0.15) is 26.4 Å². The summed E-state index contributed by atoms with van der Waals surface area (Å²) in [5.41, 5.74) is 13.8. The topological polar surface area (TPSA) is 115 Å². The summed E-state index contributed by atoms with van der Waals surface area (Å²) >= 11 is 1.15. The first kappa shape index (κ1) is 15.8. The minimum absolute atomic E-state index is 0.124. The van der Waals surface area contributed by atoms with Gasteiger partial charge < -0.3 is 16.2 Å². The molecule has 0 unspecified atom stereocenters. The van der Waals surface area contributed by atoms with Crippen molar-refractivity contribution in [3.05, 3.63) is 45.8 Å². The number of methoxy groups -OCH3 is 1. The van der Waals surface area contributed by atoms with Crippen molar-refractivity contribution in [2.45, 2.75) is 6.92 Å². The number of aryl methyl sites for hydroxylation is 1. The van der Waals surface area contributed by atoms with E-state index in [9.17, 15) is 4.79 Å². The summed E-state index contributed by atoms with van der Waals surface area (Å²) in [6, 6.07) is 8.90. The van der Waals surface area contributed by atoms with E-state index in [0.717, 1.165) is 16.9 Å². The molecular weight excluding hydrogens is 324 g/mol. The number of ether oxygens (including phenoxy) is 1. The average molecular weight is 338 g/mol. The fraction of sp³-hybridized carbons (Fsp3) is 0.118. The predicted molar refractivity (Wildman–Crippen MR) is 94.3 cm³/mol. The van der Waals surface area contributed by atoms with Crippen molar-refractivity contribution in [3.63, 3.8) is 0 Å². The SMILES string of the molecule is COc1ccc(C)cc1C(=O)c1sc2nc(N)c(C#N)cc2c1N. The van der Waals surface area contributed by atoms with Gasteiger partial charge in [0.1, 0.15) is 27.3 Å². The Hall–Kier alpha value is -3.11. The molecule has 4 N–H and O–H groups in total. The highest BCUT2D eigenvalue weighted by molar-refractivity contribution is 7.21. The molecule has 0 aliphatic heterocycles. The quantitative estimate of drug-likeness (QED) is 0.710. The summed E-state index contributed by atoms with van der Waals surface area (Å²) in [4.78, 5) is 18.0. The minimum atomic E-state index is -0.242. The maximum absolute atomic E-state index is 12.9. The van der Waals surface area contributed by atoms with Crippen LogP contribution in [0.25, 0.3) is 10.2 Å². The number of carbonyl (C=O) groups excluding carboxylic acids is 1. The van der Waals surface area contributed by atoms with Gasteiger partial charge >= 0.3 is 0 Å². The van der Waals surface area contributed by atoms with Gasteiger partial charge in [-0.15, -0.1) is 11.3 Å². The van der Waals surface area contributed by atoms with Crippen LogP contribution in [-0.4, -0.2) is 17.9 Å². The molecule has 0 saturated heterocycles. The molecule has 6 nitrogen and oxygen atoms in total. The molecule has 0 amide bonds. The van der Waals surface area contributed by atoms with Gasteiger partial charge in [0.25, 0.3) is 0 Å². The third-order valence-electron chi connectivity index (χ3n) is 3.68. The lowest BCUT2D eigenvalue weighted by molar-refractivity contribution is 0.104.